The monoisotopic (exact) mass is 283 g/mol. The molecular formula is C13H15ClFN3O. The van der Waals surface area contributed by atoms with Crippen molar-refractivity contribution in [3.8, 4) is 0 Å². The van der Waals surface area contributed by atoms with Gasteiger partial charge in [-0.3, -0.25) is 4.79 Å². The van der Waals surface area contributed by atoms with Gasteiger partial charge in [0.2, 0.25) is 5.91 Å². The fourth-order valence-electron chi connectivity index (χ4n) is 1.94. The van der Waals surface area contributed by atoms with Crippen molar-refractivity contribution < 1.29 is 9.18 Å². The van der Waals surface area contributed by atoms with Crippen LogP contribution in [0.3, 0.4) is 0 Å². The Kier molecular flexibility index (Phi) is 4.04. The Bertz CT molecular complexity index is 609. The molecule has 2 aromatic rings. The molecular weight excluding hydrogens is 269 g/mol. The number of carbonyl (C=O) groups is 1. The number of fused-ring (bicyclic) bond motifs is 1. The molecule has 0 aliphatic rings. The average molecular weight is 284 g/mol. The Morgan fingerprint density at radius 1 is 1.47 bits per heavy atom. The number of nitrogens with zero attached hydrogens (tertiary/aromatic N) is 3. The highest BCUT2D eigenvalue weighted by Gasteiger charge is 2.12. The molecule has 1 heterocycles. The average Bonchev–Trinajstić information content (AvgIpc) is 2.72. The van der Waals surface area contributed by atoms with E-state index < -0.39 is 0 Å². The van der Waals surface area contributed by atoms with E-state index in [0.29, 0.717) is 24.3 Å². The first-order valence-corrected chi connectivity index (χ1v) is 6.47. The van der Waals surface area contributed by atoms with Crippen molar-refractivity contribution in [2.45, 2.75) is 18.8 Å². The van der Waals surface area contributed by atoms with Crippen LogP contribution in [0.2, 0.25) is 0 Å². The van der Waals surface area contributed by atoms with Crippen molar-refractivity contribution in [1.82, 2.24) is 14.5 Å². The van der Waals surface area contributed by atoms with Crippen LogP contribution >= 0.6 is 11.6 Å². The largest absolute Gasteiger partial charge is 0.349 e. The van der Waals surface area contributed by atoms with Crippen LogP contribution in [-0.2, 0) is 17.2 Å². The third kappa shape index (κ3) is 2.87. The van der Waals surface area contributed by atoms with Crippen molar-refractivity contribution >= 4 is 28.5 Å². The van der Waals surface area contributed by atoms with Gasteiger partial charge in [0.1, 0.15) is 11.6 Å². The number of rotatable bonds is 4. The molecule has 0 aliphatic heterocycles. The molecule has 1 amide bonds. The lowest BCUT2D eigenvalue weighted by Gasteiger charge is -2.12. The molecule has 102 valence electrons. The molecule has 0 N–H and O–H groups in total. The fraction of sp³-hybridized carbons (Fsp3) is 0.385. The van der Waals surface area contributed by atoms with Crippen LogP contribution in [0.4, 0.5) is 4.39 Å². The molecule has 1 aromatic carbocycles. The van der Waals surface area contributed by atoms with Gasteiger partial charge in [-0.25, -0.2) is 9.37 Å². The third-order valence-corrected chi connectivity index (χ3v) is 3.20. The predicted octanol–water partition coefficient (Wildman–Crippen LogP) is 2.39. The Balaban J connectivity index is 2.33. The Morgan fingerprint density at radius 3 is 2.84 bits per heavy atom. The van der Waals surface area contributed by atoms with E-state index in [4.69, 9.17) is 11.6 Å². The van der Waals surface area contributed by atoms with Gasteiger partial charge in [-0.15, -0.1) is 11.6 Å². The zero-order valence-corrected chi connectivity index (χ0v) is 11.6. The highest BCUT2D eigenvalue weighted by atomic mass is 35.5. The van der Waals surface area contributed by atoms with Gasteiger partial charge in [0, 0.05) is 33.1 Å². The van der Waals surface area contributed by atoms with E-state index in [1.807, 2.05) is 4.57 Å². The first kappa shape index (κ1) is 13.8. The van der Waals surface area contributed by atoms with Crippen LogP contribution in [0.25, 0.3) is 11.0 Å². The smallest absolute Gasteiger partial charge is 0.223 e. The minimum absolute atomic E-state index is 0.0319. The van der Waals surface area contributed by atoms with Crippen molar-refractivity contribution in [2.75, 3.05) is 14.1 Å². The van der Waals surface area contributed by atoms with Gasteiger partial charge in [-0.1, -0.05) is 0 Å². The van der Waals surface area contributed by atoms with Crippen molar-refractivity contribution in [3.63, 3.8) is 0 Å². The van der Waals surface area contributed by atoms with Crippen molar-refractivity contribution in [1.29, 1.82) is 0 Å². The zero-order chi connectivity index (χ0) is 14.0. The number of carbonyl (C=O) groups excluding carboxylic acids is 1. The van der Waals surface area contributed by atoms with Crippen molar-refractivity contribution in [3.05, 3.63) is 29.8 Å². The van der Waals surface area contributed by atoms with Crippen LogP contribution in [0.5, 0.6) is 0 Å². The molecule has 1 aromatic heterocycles. The molecule has 0 unspecified atom stereocenters. The zero-order valence-electron chi connectivity index (χ0n) is 10.9. The van der Waals surface area contributed by atoms with Crippen molar-refractivity contribution in [2.24, 2.45) is 0 Å². The first-order chi connectivity index (χ1) is 9.02. The van der Waals surface area contributed by atoms with E-state index in [1.54, 1.807) is 25.1 Å². The van der Waals surface area contributed by atoms with E-state index in [9.17, 15) is 9.18 Å². The number of benzene rings is 1. The summed E-state index contributed by atoms with van der Waals surface area (Å²) in [5.74, 6) is 0.577. The van der Waals surface area contributed by atoms with Crippen LogP contribution in [0, 0.1) is 5.82 Å². The predicted molar refractivity (Wildman–Crippen MR) is 72.6 cm³/mol. The summed E-state index contributed by atoms with van der Waals surface area (Å²) in [6.07, 6.45) is 0.361. The summed E-state index contributed by atoms with van der Waals surface area (Å²) in [6, 6.07) is 4.41. The van der Waals surface area contributed by atoms with Crippen LogP contribution in [0.1, 0.15) is 12.2 Å². The lowest BCUT2D eigenvalue weighted by molar-refractivity contribution is -0.128. The Hall–Kier alpha value is -1.62. The van der Waals surface area contributed by atoms with Gasteiger partial charge in [0.25, 0.3) is 0 Å². The number of hydrogen-bond acceptors (Lipinski definition) is 2. The highest BCUT2D eigenvalue weighted by molar-refractivity contribution is 6.16. The summed E-state index contributed by atoms with van der Waals surface area (Å²) in [5.41, 5.74) is 1.36. The molecule has 19 heavy (non-hydrogen) atoms. The van der Waals surface area contributed by atoms with E-state index in [1.165, 1.54) is 12.1 Å². The SMILES string of the molecule is CN(C)C(=O)CCn1c(CCl)nc2cc(F)ccc21. The quantitative estimate of drug-likeness (QED) is 0.808. The van der Waals surface area contributed by atoms with E-state index in [0.717, 1.165) is 5.52 Å². The van der Waals surface area contributed by atoms with E-state index in [-0.39, 0.29) is 17.6 Å². The lowest BCUT2D eigenvalue weighted by atomic mass is 10.3. The highest BCUT2D eigenvalue weighted by Crippen LogP contribution is 2.19. The molecule has 0 bridgehead atoms. The number of halogens is 2. The Labute approximate surface area is 115 Å². The molecule has 6 heteroatoms. The number of alkyl halides is 1. The van der Waals surface area contributed by atoms with Crippen LogP contribution in [-0.4, -0.2) is 34.5 Å². The molecule has 0 atom stereocenters. The van der Waals surface area contributed by atoms with E-state index >= 15 is 0 Å². The van der Waals surface area contributed by atoms with Crippen LogP contribution in [0.15, 0.2) is 18.2 Å². The topological polar surface area (TPSA) is 38.1 Å². The number of imidazole rings is 1. The molecule has 0 saturated heterocycles. The number of aromatic nitrogens is 2. The summed E-state index contributed by atoms with van der Waals surface area (Å²) < 4.78 is 15.0. The fourth-order valence-corrected chi connectivity index (χ4v) is 2.14. The molecule has 0 spiro atoms. The number of aryl methyl sites for hydroxylation is 1. The second kappa shape index (κ2) is 5.57. The standard InChI is InChI=1S/C13H15ClFN3O/c1-17(2)13(19)5-6-18-11-4-3-9(15)7-10(11)16-12(18)8-14/h3-4,7H,5-6,8H2,1-2H3. The second-order valence-electron chi connectivity index (χ2n) is 4.48. The normalized spacial score (nSPS) is 10.9. The summed E-state index contributed by atoms with van der Waals surface area (Å²) in [5, 5.41) is 0. The van der Waals surface area contributed by atoms with Crippen LogP contribution < -0.4 is 0 Å². The maximum Gasteiger partial charge on any atom is 0.223 e. The summed E-state index contributed by atoms with van der Waals surface area (Å²) in [7, 11) is 3.43. The molecule has 0 radical (unpaired) electrons. The van der Waals surface area contributed by atoms with Gasteiger partial charge in [-0.05, 0) is 12.1 Å². The molecule has 0 fully saturated rings. The minimum atomic E-state index is -0.331. The first-order valence-electron chi connectivity index (χ1n) is 5.93. The van der Waals surface area contributed by atoms with Gasteiger partial charge in [0.15, 0.2) is 0 Å². The summed E-state index contributed by atoms with van der Waals surface area (Å²) >= 11 is 5.85. The number of hydrogen-bond donors (Lipinski definition) is 0. The molecule has 0 saturated carbocycles. The number of amides is 1. The lowest BCUT2D eigenvalue weighted by Crippen LogP contribution is -2.23. The van der Waals surface area contributed by atoms with E-state index in [2.05, 4.69) is 4.98 Å². The Morgan fingerprint density at radius 2 is 2.21 bits per heavy atom. The van der Waals surface area contributed by atoms with Gasteiger partial charge in [0.05, 0.1) is 16.9 Å². The summed E-state index contributed by atoms with van der Waals surface area (Å²) in [6.45, 7) is 0.487. The molecule has 2 rings (SSSR count). The second-order valence-corrected chi connectivity index (χ2v) is 4.75. The maximum atomic E-state index is 13.2. The van der Waals surface area contributed by atoms with Gasteiger partial charge in [-0.2, -0.15) is 0 Å². The molecule has 0 aliphatic carbocycles. The maximum absolute atomic E-state index is 13.2. The van der Waals surface area contributed by atoms with Gasteiger partial charge < -0.3 is 9.47 Å². The summed E-state index contributed by atoms with van der Waals surface area (Å²) in [4.78, 5) is 17.4. The minimum Gasteiger partial charge on any atom is -0.349 e. The third-order valence-electron chi connectivity index (χ3n) is 2.96. The van der Waals surface area contributed by atoms with Gasteiger partial charge >= 0.3 is 0 Å². The molecule has 4 nitrogen and oxygen atoms in total.